The van der Waals surface area contributed by atoms with Crippen LogP contribution in [0.25, 0.3) is 21.3 Å². The van der Waals surface area contributed by atoms with Crippen molar-refractivity contribution in [3.63, 3.8) is 0 Å². The third kappa shape index (κ3) is 3.75. The van der Waals surface area contributed by atoms with Crippen LogP contribution in [-0.2, 0) is 16.1 Å². The zero-order valence-electron chi connectivity index (χ0n) is 20.9. The minimum absolute atomic E-state index is 0.0436. The van der Waals surface area contributed by atoms with Gasteiger partial charge < -0.3 is 10.1 Å². The molecule has 2 aromatic heterocycles. The number of carbonyl (C=O) groups excluding carboxylic acids is 2. The lowest BCUT2D eigenvalue weighted by molar-refractivity contribution is -0.143. The van der Waals surface area contributed by atoms with Gasteiger partial charge in [-0.25, -0.2) is 0 Å². The Bertz CT molecular complexity index is 1380. The van der Waals surface area contributed by atoms with E-state index in [-0.39, 0.29) is 35.2 Å². The summed E-state index contributed by atoms with van der Waals surface area (Å²) in [6.07, 6.45) is 2.88. The quantitative estimate of drug-likeness (QED) is 0.451. The highest BCUT2D eigenvalue weighted by Crippen LogP contribution is 2.63. The van der Waals surface area contributed by atoms with Gasteiger partial charge in [0.2, 0.25) is 11.8 Å². The number of piperidine rings is 2. The number of halogens is 1. The number of hydrogen-bond acceptors (Lipinski definition) is 6. The normalized spacial score (nSPS) is 27.0. The molecule has 6 rings (SSSR count). The summed E-state index contributed by atoms with van der Waals surface area (Å²) in [4.78, 5) is 32.7. The van der Waals surface area contributed by atoms with Crippen molar-refractivity contribution < 1.29 is 14.3 Å². The van der Waals surface area contributed by atoms with Crippen LogP contribution >= 0.6 is 22.9 Å². The van der Waals surface area contributed by atoms with Gasteiger partial charge in [0, 0.05) is 39.7 Å². The fraction of sp³-hybridized carbons (Fsp3) is 0.464. The molecule has 1 N–H and O–H groups in total. The lowest BCUT2D eigenvalue weighted by Gasteiger charge is -2.31. The van der Waals surface area contributed by atoms with Crippen molar-refractivity contribution in [1.29, 1.82) is 0 Å². The second-order valence-corrected chi connectivity index (χ2v) is 12.6. The molecule has 188 valence electrons. The molecule has 2 saturated heterocycles. The molecule has 4 heterocycles. The van der Waals surface area contributed by atoms with Crippen molar-refractivity contribution in [2.45, 2.75) is 46.8 Å². The minimum atomic E-state index is -0.202. The molecule has 1 aliphatic carbocycles. The number of aromatic nitrogens is 1. The molecule has 0 radical (unpaired) electrons. The fourth-order valence-electron chi connectivity index (χ4n) is 6.00. The maximum Gasteiger partial charge on any atom is 0.234 e. The van der Waals surface area contributed by atoms with Crippen LogP contribution in [-0.4, -0.2) is 40.9 Å². The highest BCUT2D eigenvalue weighted by Gasteiger charge is 2.72. The van der Waals surface area contributed by atoms with Gasteiger partial charge in [0.05, 0.1) is 28.6 Å². The molecule has 4 unspecified atom stereocenters. The molecule has 4 atom stereocenters. The van der Waals surface area contributed by atoms with Crippen LogP contribution in [0, 0.1) is 30.1 Å². The third-order valence-electron chi connectivity index (χ3n) is 8.17. The Hall–Kier alpha value is -2.48. The number of ether oxygens (including phenoxy) is 1. The van der Waals surface area contributed by atoms with Crippen molar-refractivity contribution in [3.8, 4) is 16.9 Å². The second-order valence-electron chi connectivity index (χ2n) is 11.1. The van der Waals surface area contributed by atoms with Crippen LogP contribution in [0.15, 0.2) is 30.5 Å². The smallest absolute Gasteiger partial charge is 0.234 e. The second kappa shape index (κ2) is 8.54. The number of likely N-dealkylation sites (tertiary alicyclic amines) is 1. The minimum Gasteiger partial charge on any atom is -0.489 e. The number of rotatable bonds is 5. The first-order valence-electron chi connectivity index (χ1n) is 12.6. The first-order chi connectivity index (χ1) is 17.2. The topological polar surface area (TPSA) is 71.5 Å². The van der Waals surface area contributed by atoms with E-state index in [1.807, 2.05) is 45.0 Å². The zero-order valence-corrected chi connectivity index (χ0v) is 22.5. The molecule has 2 amide bonds. The number of carbonyl (C=O) groups is 2. The molecule has 3 aromatic rings. The average molecular weight is 524 g/mol. The maximum absolute atomic E-state index is 12.9. The molecular weight excluding hydrogens is 494 g/mol. The lowest BCUT2D eigenvalue weighted by Crippen LogP contribution is -2.41. The van der Waals surface area contributed by atoms with E-state index in [1.165, 1.54) is 4.90 Å². The summed E-state index contributed by atoms with van der Waals surface area (Å²) in [6, 6.07) is 7.90. The largest absolute Gasteiger partial charge is 0.489 e. The molecular formula is C28H30ClN3O3S. The van der Waals surface area contributed by atoms with E-state index in [0.29, 0.717) is 17.5 Å². The van der Waals surface area contributed by atoms with Gasteiger partial charge in [-0.3, -0.25) is 19.5 Å². The Morgan fingerprint density at radius 3 is 2.67 bits per heavy atom. The predicted molar refractivity (Wildman–Crippen MR) is 142 cm³/mol. The first-order valence-corrected chi connectivity index (χ1v) is 13.8. The van der Waals surface area contributed by atoms with E-state index < -0.39 is 0 Å². The molecule has 2 aliphatic heterocycles. The third-order valence-corrected chi connectivity index (χ3v) is 9.53. The van der Waals surface area contributed by atoms with Crippen LogP contribution in [0.1, 0.15) is 37.6 Å². The van der Waals surface area contributed by atoms with Crippen molar-refractivity contribution >= 4 is 45.0 Å². The number of amides is 2. The molecule has 3 aliphatic rings. The summed E-state index contributed by atoms with van der Waals surface area (Å²) >= 11 is 8.10. The van der Waals surface area contributed by atoms with E-state index in [2.05, 4.69) is 17.2 Å². The number of aryl methyl sites for hydroxylation is 1. The zero-order chi connectivity index (χ0) is 25.4. The molecule has 8 heteroatoms. The molecule has 3 fully saturated rings. The number of pyridine rings is 1. The number of fused-ring (bicyclic) bond motifs is 2. The standard InChI is InChI=1S/C28H30ClN3O3S/c1-14-9-16(29)10-19(24(14)35-21-6-7-30-12-15(21)2)18-5-8-31-20-11-17(36-25(18)20)13-32-26(33)22-23(27(32)34)28(22,3)4/h5,8-11,15,21-23,30H,6-7,12-13H2,1-4H3. The molecule has 1 aromatic carbocycles. The van der Waals surface area contributed by atoms with Crippen molar-refractivity contribution in [2.24, 2.45) is 23.2 Å². The van der Waals surface area contributed by atoms with E-state index in [1.54, 1.807) is 17.5 Å². The van der Waals surface area contributed by atoms with E-state index in [4.69, 9.17) is 16.3 Å². The summed E-state index contributed by atoms with van der Waals surface area (Å²) in [5.74, 6) is 0.835. The Morgan fingerprint density at radius 1 is 1.19 bits per heavy atom. The van der Waals surface area contributed by atoms with Crippen LogP contribution in [0.5, 0.6) is 5.75 Å². The van der Waals surface area contributed by atoms with Crippen LogP contribution in [0.3, 0.4) is 0 Å². The van der Waals surface area contributed by atoms with Crippen LogP contribution < -0.4 is 10.1 Å². The number of nitrogens with one attached hydrogen (secondary N) is 1. The van der Waals surface area contributed by atoms with Gasteiger partial charge in [-0.2, -0.15) is 0 Å². The lowest BCUT2D eigenvalue weighted by atomic mass is 9.97. The molecule has 1 saturated carbocycles. The van der Waals surface area contributed by atoms with Crippen LogP contribution in [0.2, 0.25) is 5.02 Å². The van der Waals surface area contributed by atoms with Gasteiger partial charge in [-0.1, -0.05) is 32.4 Å². The molecule has 0 bridgehead atoms. The summed E-state index contributed by atoms with van der Waals surface area (Å²) in [6.45, 7) is 10.4. The monoisotopic (exact) mass is 523 g/mol. The summed E-state index contributed by atoms with van der Waals surface area (Å²) in [7, 11) is 0. The van der Waals surface area contributed by atoms with Gasteiger partial charge >= 0.3 is 0 Å². The van der Waals surface area contributed by atoms with Crippen LogP contribution in [0.4, 0.5) is 0 Å². The van der Waals surface area contributed by atoms with Gasteiger partial charge in [0.25, 0.3) is 0 Å². The Balaban J connectivity index is 1.36. The van der Waals surface area contributed by atoms with E-state index >= 15 is 0 Å². The van der Waals surface area contributed by atoms with Crippen molar-refractivity contribution in [2.75, 3.05) is 13.1 Å². The predicted octanol–water partition coefficient (Wildman–Crippen LogP) is 5.44. The number of benzene rings is 1. The summed E-state index contributed by atoms with van der Waals surface area (Å²) in [5, 5.41) is 4.09. The van der Waals surface area contributed by atoms with Crippen molar-refractivity contribution in [1.82, 2.24) is 15.2 Å². The number of imide groups is 1. The average Bonchev–Trinajstić information content (AvgIpc) is 3.08. The number of thiophene rings is 1. The fourth-order valence-corrected chi connectivity index (χ4v) is 7.40. The Kier molecular flexibility index (Phi) is 5.67. The molecule has 0 spiro atoms. The number of nitrogens with zero attached hydrogens (tertiary/aromatic N) is 2. The van der Waals surface area contributed by atoms with Gasteiger partial charge in [0.1, 0.15) is 11.9 Å². The highest BCUT2D eigenvalue weighted by molar-refractivity contribution is 7.19. The first kappa shape index (κ1) is 23.9. The maximum atomic E-state index is 12.9. The molecule has 36 heavy (non-hydrogen) atoms. The SMILES string of the molecule is Cc1cc(Cl)cc(-c2ccnc3cc(CN4C(=O)C5C(C4=O)C5(C)C)sc23)c1OC1CCNCC1C. The van der Waals surface area contributed by atoms with Crippen molar-refractivity contribution in [3.05, 3.63) is 45.9 Å². The van der Waals surface area contributed by atoms with E-state index in [9.17, 15) is 9.59 Å². The molecule has 6 nitrogen and oxygen atoms in total. The Morgan fingerprint density at radius 2 is 1.94 bits per heavy atom. The summed E-state index contributed by atoms with van der Waals surface area (Å²) in [5.41, 5.74) is 3.59. The van der Waals surface area contributed by atoms with Gasteiger partial charge in [-0.05, 0) is 55.1 Å². The van der Waals surface area contributed by atoms with E-state index in [0.717, 1.165) is 57.0 Å². The Labute approximate surface area is 220 Å². The highest BCUT2D eigenvalue weighted by atomic mass is 35.5. The van der Waals surface area contributed by atoms with Gasteiger partial charge in [-0.15, -0.1) is 11.3 Å². The van der Waals surface area contributed by atoms with Gasteiger partial charge in [0.15, 0.2) is 0 Å². The summed E-state index contributed by atoms with van der Waals surface area (Å²) < 4.78 is 7.66. The number of hydrogen-bond donors (Lipinski definition) is 1.